The summed E-state index contributed by atoms with van der Waals surface area (Å²) in [5.74, 6) is 1.68. The second kappa shape index (κ2) is 5.57. The zero-order chi connectivity index (χ0) is 13.7. The number of furan rings is 1. The quantitative estimate of drug-likeness (QED) is 0.843. The Labute approximate surface area is 111 Å². The van der Waals surface area contributed by atoms with Crippen LogP contribution < -0.4 is 5.32 Å². The van der Waals surface area contributed by atoms with Crippen LogP contribution in [-0.4, -0.2) is 0 Å². The molecule has 0 aliphatic carbocycles. The molecule has 0 radical (unpaired) electrons. The lowest BCUT2D eigenvalue weighted by molar-refractivity contribution is 0.548. The fourth-order valence-corrected chi connectivity index (χ4v) is 1.57. The number of rotatable bonds is 3. The number of nitriles is 2. The highest BCUT2D eigenvalue weighted by molar-refractivity contribution is 5.62. The molecular weight excluding hydrogens is 238 g/mol. The van der Waals surface area contributed by atoms with Gasteiger partial charge in [-0.15, -0.1) is 0 Å². The summed E-state index contributed by atoms with van der Waals surface area (Å²) in [4.78, 5) is 0. The Bertz CT molecular complexity index is 665. The van der Waals surface area contributed by atoms with Gasteiger partial charge in [0.05, 0.1) is 0 Å². The number of nitrogens with zero attached hydrogens (tertiary/aromatic N) is 2. The monoisotopic (exact) mass is 249 g/mol. The van der Waals surface area contributed by atoms with E-state index in [-0.39, 0.29) is 5.57 Å². The predicted molar refractivity (Wildman–Crippen MR) is 71.8 cm³/mol. The molecule has 1 heterocycles. The predicted octanol–water partition coefficient (Wildman–Crippen LogP) is 3.60. The summed E-state index contributed by atoms with van der Waals surface area (Å²) < 4.78 is 5.52. The molecule has 1 aromatic heterocycles. The summed E-state index contributed by atoms with van der Waals surface area (Å²) in [6.45, 7) is 1.90. The van der Waals surface area contributed by atoms with Crippen molar-refractivity contribution < 1.29 is 4.42 Å². The standard InChI is InChI=1S/C15H11N3O/c1-11-2-7-15(19-11)13-3-5-14(6-4-13)18-10-12(8-16)9-17/h2-7,10,18H,1H3. The molecule has 0 atom stereocenters. The lowest BCUT2D eigenvalue weighted by Gasteiger charge is -2.02. The number of hydrogen-bond acceptors (Lipinski definition) is 4. The first-order valence-corrected chi connectivity index (χ1v) is 5.66. The summed E-state index contributed by atoms with van der Waals surface area (Å²) in [5, 5.41) is 20.1. The Balaban J connectivity index is 2.14. The normalized spacial score (nSPS) is 9.21. The Morgan fingerprint density at radius 3 is 2.32 bits per heavy atom. The third-order valence-corrected chi connectivity index (χ3v) is 2.53. The van der Waals surface area contributed by atoms with Crippen molar-refractivity contribution in [1.29, 1.82) is 10.5 Å². The van der Waals surface area contributed by atoms with Crippen LogP contribution in [0.15, 0.2) is 52.6 Å². The molecule has 4 heteroatoms. The molecule has 2 rings (SSSR count). The van der Waals surface area contributed by atoms with Crippen LogP contribution >= 0.6 is 0 Å². The molecule has 0 aliphatic heterocycles. The number of hydrogen-bond donors (Lipinski definition) is 1. The SMILES string of the molecule is Cc1ccc(-c2ccc(NC=C(C#N)C#N)cc2)o1. The summed E-state index contributed by atoms with van der Waals surface area (Å²) >= 11 is 0. The Morgan fingerprint density at radius 2 is 1.79 bits per heavy atom. The van der Waals surface area contributed by atoms with Crippen molar-refractivity contribution in [2.45, 2.75) is 6.92 Å². The van der Waals surface area contributed by atoms with Crippen molar-refractivity contribution in [2.24, 2.45) is 0 Å². The van der Waals surface area contributed by atoms with Gasteiger partial charge >= 0.3 is 0 Å². The highest BCUT2D eigenvalue weighted by atomic mass is 16.3. The van der Waals surface area contributed by atoms with Crippen molar-refractivity contribution in [3.05, 3.63) is 53.9 Å². The number of benzene rings is 1. The van der Waals surface area contributed by atoms with Crippen LogP contribution in [-0.2, 0) is 0 Å². The van der Waals surface area contributed by atoms with E-state index in [4.69, 9.17) is 14.9 Å². The van der Waals surface area contributed by atoms with E-state index in [9.17, 15) is 0 Å². The van der Waals surface area contributed by atoms with Gasteiger partial charge in [0.2, 0.25) is 0 Å². The molecule has 0 unspecified atom stereocenters. The topological polar surface area (TPSA) is 72.8 Å². The van der Waals surface area contributed by atoms with Gasteiger partial charge in [0.1, 0.15) is 29.2 Å². The van der Waals surface area contributed by atoms with Crippen molar-refractivity contribution in [3.8, 4) is 23.5 Å². The smallest absolute Gasteiger partial charge is 0.145 e. The molecule has 2 aromatic rings. The zero-order valence-electron chi connectivity index (χ0n) is 10.3. The van der Waals surface area contributed by atoms with E-state index >= 15 is 0 Å². The fraction of sp³-hybridized carbons (Fsp3) is 0.0667. The minimum Gasteiger partial charge on any atom is -0.461 e. The maximum Gasteiger partial charge on any atom is 0.145 e. The number of anilines is 1. The van der Waals surface area contributed by atoms with Crippen LogP contribution in [0.3, 0.4) is 0 Å². The molecule has 0 aliphatic rings. The van der Waals surface area contributed by atoms with E-state index < -0.39 is 0 Å². The Morgan fingerprint density at radius 1 is 1.11 bits per heavy atom. The molecule has 92 valence electrons. The first-order valence-electron chi connectivity index (χ1n) is 5.66. The molecule has 0 saturated carbocycles. The molecular formula is C15H11N3O. The molecule has 0 spiro atoms. The second-order valence-corrected chi connectivity index (χ2v) is 3.91. The van der Waals surface area contributed by atoms with Gasteiger partial charge in [-0.05, 0) is 43.3 Å². The Hall–Kier alpha value is -2.98. The molecule has 0 bridgehead atoms. The molecule has 0 amide bonds. The zero-order valence-corrected chi connectivity index (χ0v) is 10.3. The van der Waals surface area contributed by atoms with Gasteiger partial charge < -0.3 is 9.73 Å². The largest absolute Gasteiger partial charge is 0.461 e. The average molecular weight is 249 g/mol. The van der Waals surface area contributed by atoms with Gasteiger partial charge in [0.25, 0.3) is 0 Å². The van der Waals surface area contributed by atoms with Crippen LogP contribution in [0.4, 0.5) is 5.69 Å². The van der Waals surface area contributed by atoms with Gasteiger partial charge in [0.15, 0.2) is 0 Å². The van der Waals surface area contributed by atoms with E-state index in [1.54, 1.807) is 12.1 Å². The van der Waals surface area contributed by atoms with Crippen LogP contribution in [0, 0.1) is 29.6 Å². The summed E-state index contributed by atoms with van der Waals surface area (Å²) in [7, 11) is 0. The van der Waals surface area contributed by atoms with Gasteiger partial charge in [0, 0.05) is 17.5 Å². The molecule has 0 fully saturated rings. The minimum absolute atomic E-state index is 0.0331. The van der Waals surface area contributed by atoms with Crippen molar-refractivity contribution >= 4 is 5.69 Å². The molecule has 4 nitrogen and oxygen atoms in total. The highest BCUT2D eigenvalue weighted by Gasteiger charge is 2.02. The van der Waals surface area contributed by atoms with Crippen LogP contribution in [0.1, 0.15) is 5.76 Å². The third kappa shape index (κ3) is 3.02. The van der Waals surface area contributed by atoms with E-state index in [0.717, 1.165) is 22.8 Å². The molecule has 0 saturated heterocycles. The first-order chi connectivity index (χ1) is 9.22. The maximum absolute atomic E-state index is 8.61. The number of aryl methyl sites for hydroxylation is 1. The van der Waals surface area contributed by atoms with Crippen molar-refractivity contribution in [1.82, 2.24) is 0 Å². The van der Waals surface area contributed by atoms with Crippen LogP contribution in [0.2, 0.25) is 0 Å². The maximum atomic E-state index is 8.61. The summed E-state index contributed by atoms with van der Waals surface area (Å²) in [6.07, 6.45) is 1.38. The lowest BCUT2D eigenvalue weighted by atomic mass is 10.1. The van der Waals surface area contributed by atoms with Crippen LogP contribution in [0.5, 0.6) is 0 Å². The minimum atomic E-state index is 0.0331. The van der Waals surface area contributed by atoms with E-state index in [0.29, 0.717) is 0 Å². The van der Waals surface area contributed by atoms with E-state index in [1.807, 2.05) is 43.3 Å². The highest BCUT2D eigenvalue weighted by Crippen LogP contribution is 2.23. The molecule has 19 heavy (non-hydrogen) atoms. The number of nitrogens with one attached hydrogen (secondary N) is 1. The van der Waals surface area contributed by atoms with Gasteiger partial charge in [-0.1, -0.05) is 0 Å². The lowest BCUT2D eigenvalue weighted by Crippen LogP contribution is -1.89. The van der Waals surface area contributed by atoms with Gasteiger partial charge in [-0.2, -0.15) is 10.5 Å². The molecule has 1 aromatic carbocycles. The Kier molecular flexibility index (Phi) is 3.66. The van der Waals surface area contributed by atoms with E-state index in [1.165, 1.54) is 6.20 Å². The fourth-order valence-electron chi connectivity index (χ4n) is 1.57. The third-order valence-electron chi connectivity index (χ3n) is 2.53. The number of allylic oxidation sites excluding steroid dienone is 1. The van der Waals surface area contributed by atoms with Crippen LogP contribution in [0.25, 0.3) is 11.3 Å². The second-order valence-electron chi connectivity index (χ2n) is 3.91. The summed E-state index contributed by atoms with van der Waals surface area (Å²) in [6, 6.07) is 14.9. The van der Waals surface area contributed by atoms with Crippen molar-refractivity contribution in [2.75, 3.05) is 5.32 Å². The van der Waals surface area contributed by atoms with E-state index in [2.05, 4.69) is 5.32 Å². The average Bonchev–Trinajstić information content (AvgIpc) is 2.87. The van der Waals surface area contributed by atoms with Gasteiger partial charge in [-0.3, -0.25) is 0 Å². The summed E-state index contributed by atoms with van der Waals surface area (Å²) in [5.41, 5.74) is 1.81. The van der Waals surface area contributed by atoms with Crippen molar-refractivity contribution in [3.63, 3.8) is 0 Å². The molecule has 1 N–H and O–H groups in total. The van der Waals surface area contributed by atoms with Gasteiger partial charge in [-0.25, -0.2) is 0 Å². The first kappa shape index (κ1) is 12.5.